The van der Waals surface area contributed by atoms with Crippen LogP contribution in [0.4, 0.5) is 0 Å². The molecule has 1 radical (unpaired) electrons. The predicted molar refractivity (Wildman–Crippen MR) is 87.3 cm³/mol. The van der Waals surface area contributed by atoms with Gasteiger partial charge in [0.15, 0.2) is 0 Å². The van der Waals surface area contributed by atoms with Crippen LogP contribution in [0.2, 0.25) is 0 Å². The zero-order chi connectivity index (χ0) is 13.6. The van der Waals surface area contributed by atoms with Gasteiger partial charge in [-0.2, -0.15) is 0 Å². The molecule has 0 nitrogen and oxygen atoms in total. The van der Waals surface area contributed by atoms with Gasteiger partial charge in [-0.1, -0.05) is 82.8 Å². The average molecular weight is 263 g/mol. The lowest BCUT2D eigenvalue weighted by Crippen LogP contribution is -1.88. The van der Waals surface area contributed by atoms with Gasteiger partial charge in [-0.15, -0.1) is 0 Å². The summed E-state index contributed by atoms with van der Waals surface area (Å²) in [6.45, 7) is 3.96. The maximum absolute atomic E-state index is 3.96. The molecule has 0 aromatic rings. The van der Waals surface area contributed by atoms with Crippen LogP contribution in [0.3, 0.4) is 0 Å². The summed E-state index contributed by atoms with van der Waals surface area (Å²) in [5, 5.41) is 0. The Balaban J connectivity index is 2.29. The van der Waals surface area contributed by atoms with Gasteiger partial charge >= 0.3 is 0 Å². The Hall–Kier alpha value is -0.260. The van der Waals surface area contributed by atoms with Crippen LogP contribution in [0, 0.1) is 6.92 Å². The van der Waals surface area contributed by atoms with Gasteiger partial charge < -0.3 is 0 Å². The number of unbranched alkanes of at least 4 members (excludes halogenated alkanes) is 1. The lowest BCUT2D eigenvalue weighted by Gasteiger charge is -2.08. The molecule has 1 fully saturated rings. The van der Waals surface area contributed by atoms with Crippen LogP contribution in [0.25, 0.3) is 0 Å². The molecule has 1 saturated carbocycles. The summed E-state index contributed by atoms with van der Waals surface area (Å²) in [5.74, 6) is 0. The zero-order valence-electron chi connectivity index (χ0n) is 13.1. The Kier molecular flexibility index (Phi) is 11.3. The molecule has 0 aromatic heterocycles. The minimum absolute atomic E-state index is 1.06. The number of hydrogen-bond acceptors (Lipinski definition) is 0. The Bertz CT molecular complexity index is 196. The number of allylic oxidation sites excluding steroid dienone is 2. The number of hydrogen-bond donors (Lipinski definition) is 0. The molecule has 0 N–H and O–H groups in total. The molecule has 0 heteroatoms. The summed E-state index contributed by atoms with van der Waals surface area (Å²) in [6.07, 6.45) is 25.0. The molecule has 0 atom stereocenters. The molecule has 1 rings (SSSR count). The van der Waals surface area contributed by atoms with Gasteiger partial charge in [0.1, 0.15) is 0 Å². The van der Waals surface area contributed by atoms with Gasteiger partial charge in [0.05, 0.1) is 0 Å². The molecule has 0 aliphatic heterocycles. The Morgan fingerprint density at radius 3 is 1.37 bits per heavy atom. The van der Waals surface area contributed by atoms with Crippen LogP contribution in [-0.2, 0) is 0 Å². The molecule has 0 spiro atoms. The quantitative estimate of drug-likeness (QED) is 0.470. The van der Waals surface area contributed by atoms with E-state index >= 15 is 0 Å². The third kappa shape index (κ3) is 10.2. The lowest BCUT2D eigenvalue weighted by atomic mass is 9.99. The Morgan fingerprint density at radius 1 is 0.632 bits per heavy atom. The Morgan fingerprint density at radius 2 is 1.00 bits per heavy atom. The summed E-state index contributed by atoms with van der Waals surface area (Å²) < 4.78 is 0. The van der Waals surface area contributed by atoms with Crippen LogP contribution >= 0.6 is 0 Å². The standard InChI is InChI=1S/C19H35/c1-2-3-16-19-17-14-12-10-8-6-4-5-7-9-11-13-15-18-19/h16H,1-15,17-18H2. The smallest absolute Gasteiger partial charge is 0.0320 e. The fourth-order valence-electron chi connectivity index (χ4n) is 3.11. The summed E-state index contributed by atoms with van der Waals surface area (Å²) in [7, 11) is 0. The fraction of sp³-hybridized carbons (Fsp3) is 0.842. The second-order valence-electron chi connectivity index (χ2n) is 6.25. The van der Waals surface area contributed by atoms with E-state index in [0.717, 1.165) is 6.42 Å². The zero-order valence-corrected chi connectivity index (χ0v) is 13.1. The fourth-order valence-corrected chi connectivity index (χ4v) is 3.11. The van der Waals surface area contributed by atoms with E-state index in [2.05, 4.69) is 13.0 Å². The highest BCUT2D eigenvalue weighted by Crippen LogP contribution is 2.20. The third-order valence-electron chi connectivity index (χ3n) is 4.38. The molecule has 0 aromatic carbocycles. The highest BCUT2D eigenvalue weighted by molar-refractivity contribution is 5.02. The molecule has 19 heavy (non-hydrogen) atoms. The van der Waals surface area contributed by atoms with Gasteiger partial charge in [-0.05, 0) is 38.5 Å². The van der Waals surface area contributed by atoms with Gasteiger partial charge in [-0.25, -0.2) is 0 Å². The molecule has 0 amide bonds. The maximum Gasteiger partial charge on any atom is -0.0320 e. The van der Waals surface area contributed by atoms with E-state index in [0.29, 0.717) is 0 Å². The molecular formula is C19H35. The molecule has 0 saturated heterocycles. The Labute approximate surface area is 122 Å². The predicted octanol–water partition coefficient (Wildman–Crippen LogP) is 7.00. The number of rotatable bonds is 2. The van der Waals surface area contributed by atoms with Crippen molar-refractivity contribution in [2.75, 3.05) is 0 Å². The van der Waals surface area contributed by atoms with Crippen molar-refractivity contribution in [1.29, 1.82) is 0 Å². The van der Waals surface area contributed by atoms with E-state index in [4.69, 9.17) is 0 Å². The largest absolute Gasteiger partial charge is 0.0853 e. The van der Waals surface area contributed by atoms with Gasteiger partial charge in [0, 0.05) is 0 Å². The SMILES string of the molecule is [CH2]CCC=C1CCCCCCCCCCCCCC1. The molecule has 0 heterocycles. The van der Waals surface area contributed by atoms with E-state index < -0.39 is 0 Å². The van der Waals surface area contributed by atoms with Crippen LogP contribution < -0.4 is 0 Å². The monoisotopic (exact) mass is 263 g/mol. The molecule has 0 unspecified atom stereocenters. The first-order valence-electron chi connectivity index (χ1n) is 8.90. The summed E-state index contributed by atoms with van der Waals surface area (Å²) >= 11 is 0. The third-order valence-corrected chi connectivity index (χ3v) is 4.38. The highest BCUT2D eigenvalue weighted by atomic mass is 14.1. The minimum atomic E-state index is 1.06. The lowest BCUT2D eigenvalue weighted by molar-refractivity contribution is 0.548. The first kappa shape index (κ1) is 16.8. The van der Waals surface area contributed by atoms with Crippen molar-refractivity contribution in [3.8, 4) is 0 Å². The summed E-state index contributed by atoms with van der Waals surface area (Å²) in [6, 6.07) is 0. The van der Waals surface area contributed by atoms with Crippen LogP contribution in [0.1, 0.15) is 103 Å². The molecule has 1 aliphatic rings. The molecule has 0 bridgehead atoms. The summed E-state index contributed by atoms with van der Waals surface area (Å²) in [5.41, 5.74) is 1.73. The van der Waals surface area contributed by atoms with Crippen LogP contribution in [-0.4, -0.2) is 0 Å². The summed E-state index contributed by atoms with van der Waals surface area (Å²) in [4.78, 5) is 0. The van der Waals surface area contributed by atoms with Crippen molar-refractivity contribution in [1.82, 2.24) is 0 Å². The first-order chi connectivity index (χ1) is 9.43. The van der Waals surface area contributed by atoms with Gasteiger partial charge in [-0.3, -0.25) is 0 Å². The second kappa shape index (κ2) is 12.8. The highest BCUT2D eigenvalue weighted by Gasteiger charge is 2.00. The maximum atomic E-state index is 3.96. The van der Waals surface area contributed by atoms with E-state index in [1.807, 2.05) is 0 Å². The molecule has 111 valence electrons. The van der Waals surface area contributed by atoms with Crippen molar-refractivity contribution in [2.24, 2.45) is 0 Å². The molecular weight excluding hydrogens is 228 g/mol. The van der Waals surface area contributed by atoms with E-state index in [9.17, 15) is 0 Å². The van der Waals surface area contributed by atoms with Gasteiger partial charge in [0.25, 0.3) is 0 Å². The second-order valence-corrected chi connectivity index (χ2v) is 6.25. The van der Waals surface area contributed by atoms with Crippen molar-refractivity contribution < 1.29 is 0 Å². The van der Waals surface area contributed by atoms with Crippen molar-refractivity contribution in [3.63, 3.8) is 0 Å². The van der Waals surface area contributed by atoms with Gasteiger partial charge in [0.2, 0.25) is 0 Å². The molecule has 1 aliphatic carbocycles. The normalized spacial score (nSPS) is 21.4. The van der Waals surface area contributed by atoms with Crippen LogP contribution in [0.5, 0.6) is 0 Å². The average Bonchev–Trinajstić information content (AvgIpc) is 2.44. The van der Waals surface area contributed by atoms with Crippen molar-refractivity contribution in [3.05, 3.63) is 18.6 Å². The van der Waals surface area contributed by atoms with E-state index in [-0.39, 0.29) is 0 Å². The first-order valence-corrected chi connectivity index (χ1v) is 8.90. The topological polar surface area (TPSA) is 0 Å². The van der Waals surface area contributed by atoms with Crippen LogP contribution in [0.15, 0.2) is 11.6 Å². The van der Waals surface area contributed by atoms with E-state index in [1.165, 1.54) is 96.3 Å². The van der Waals surface area contributed by atoms with Crippen molar-refractivity contribution >= 4 is 0 Å². The minimum Gasteiger partial charge on any atom is -0.0853 e. The van der Waals surface area contributed by atoms with Crippen molar-refractivity contribution in [2.45, 2.75) is 103 Å². The van der Waals surface area contributed by atoms with E-state index in [1.54, 1.807) is 5.57 Å².